The summed E-state index contributed by atoms with van der Waals surface area (Å²) < 4.78 is 2.46. The van der Waals surface area contributed by atoms with Crippen LogP contribution < -0.4 is 5.73 Å². The number of hydrogen-bond donors (Lipinski definition) is 1. The number of aryl methyl sites for hydroxylation is 3. The number of nitrogens with two attached hydrogens (primary N) is 1. The van der Waals surface area contributed by atoms with Crippen molar-refractivity contribution >= 4 is 11.0 Å². The van der Waals surface area contributed by atoms with Gasteiger partial charge in [0, 0.05) is 12.5 Å². The Hall–Kier alpha value is -1.35. The summed E-state index contributed by atoms with van der Waals surface area (Å²) in [5.74, 6) is 1.99. The summed E-state index contributed by atoms with van der Waals surface area (Å²) in [4.78, 5) is 4.95. The maximum absolute atomic E-state index is 5.63. The van der Waals surface area contributed by atoms with Gasteiger partial charge in [0.2, 0.25) is 0 Å². The molecule has 1 aliphatic rings. The largest absolute Gasteiger partial charge is 0.330 e. The summed E-state index contributed by atoms with van der Waals surface area (Å²) in [6.45, 7) is 6.20. The maximum Gasteiger partial charge on any atom is 0.112 e. The minimum absolute atomic E-state index is 0.681. The van der Waals surface area contributed by atoms with Gasteiger partial charge in [0.1, 0.15) is 5.82 Å². The fourth-order valence-electron chi connectivity index (χ4n) is 3.03. The topological polar surface area (TPSA) is 43.8 Å². The molecule has 1 aromatic heterocycles. The molecule has 0 bridgehead atoms. The fourth-order valence-corrected chi connectivity index (χ4v) is 3.03. The molecule has 2 aromatic rings. The average molecular weight is 271 g/mol. The standard InChI is InChI=1S/C17H25N3/c1-12-10-15-16(11-13(12)2)20(9-4-3-8-18)17(19-15)14-6-5-7-14/h10-11,14H,3-9,18H2,1-2H3. The van der Waals surface area contributed by atoms with Gasteiger partial charge >= 0.3 is 0 Å². The minimum atomic E-state index is 0.681. The lowest BCUT2D eigenvalue weighted by Gasteiger charge is -2.25. The van der Waals surface area contributed by atoms with Crippen LogP contribution in [0.3, 0.4) is 0 Å². The molecule has 3 rings (SSSR count). The predicted molar refractivity (Wildman–Crippen MR) is 84.1 cm³/mol. The molecule has 0 aliphatic heterocycles. The number of unbranched alkanes of at least 4 members (excludes halogenated alkanes) is 1. The van der Waals surface area contributed by atoms with Gasteiger partial charge in [0.15, 0.2) is 0 Å². The van der Waals surface area contributed by atoms with E-state index in [1.54, 1.807) is 0 Å². The molecule has 0 saturated heterocycles. The Balaban J connectivity index is 2.03. The van der Waals surface area contributed by atoms with E-state index in [0.29, 0.717) is 5.92 Å². The van der Waals surface area contributed by atoms with E-state index in [1.165, 1.54) is 47.2 Å². The second-order valence-corrected chi connectivity index (χ2v) is 6.17. The summed E-state index contributed by atoms with van der Waals surface area (Å²) >= 11 is 0. The van der Waals surface area contributed by atoms with Gasteiger partial charge in [-0.05, 0) is 69.3 Å². The van der Waals surface area contributed by atoms with Crippen molar-refractivity contribution in [1.29, 1.82) is 0 Å². The highest BCUT2D eigenvalue weighted by atomic mass is 15.1. The van der Waals surface area contributed by atoms with Crippen LogP contribution >= 0.6 is 0 Å². The van der Waals surface area contributed by atoms with Crippen molar-refractivity contribution in [2.24, 2.45) is 5.73 Å². The van der Waals surface area contributed by atoms with Crippen LogP contribution in [-0.2, 0) is 6.54 Å². The molecule has 1 aliphatic carbocycles. The van der Waals surface area contributed by atoms with Crippen LogP contribution in [0.1, 0.15) is 55.0 Å². The molecule has 0 spiro atoms. The number of rotatable bonds is 5. The minimum Gasteiger partial charge on any atom is -0.330 e. The van der Waals surface area contributed by atoms with Gasteiger partial charge in [-0.3, -0.25) is 0 Å². The van der Waals surface area contributed by atoms with Gasteiger partial charge in [-0.15, -0.1) is 0 Å². The van der Waals surface area contributed by atoms with Crippen molar-refractivity contribution in [3.8, 4) is 0 Å². The lowest BCUT2D eigenvalue weighted by Crippen LogP contribution is -2.16. The van der Waals surface area contributed by atoms with Crippen LogP contribution in [0.15, 0.2) is 12.1 Å². The van der Waals surface area contributed by atoms with E-state index in [-0.39, 0.29) is 0 Å². The number of imidazole rings is 1. The molecule has 1 heterocycles. The molecule has 3 nitrogen and oxygen atoms in total. The number of fused-ring (bicyclic) bond motifs is 1. The first-order valence-corrected chi connectivity index (χ1v) is 7.88. The molecular weight excluding hydrogens is 246 g/mol. The lowest BCUT2D eigenvalue weighted by molar-refractivity contribution is 0.386. The first kappa shape index (κ1) is 13.6. The molecule has 0 atom stereocenters. The highest BCUT2D eigenvalue weighted by molar-refractivity contribution is 5.78. The third-order valence-corrected chi connectivity index (χ3v) is 4.70. The zero-order valence-electron chi connectivity index (χ0n) is 12.7. The van der Waals surface area contributed by atoms with Gasteiger partial charge in [-0.1, -0.05) is 6.42 Å². The first-order valence-electron chi connectivity index (χ1n) is 7.88. The van der Waals surface area contributed by atoms with Crippen molar-refractivity contribution in [2.45, 2.75) is 58.4 Å². The van der Waals surface area contributed by atoms with Gasteiger partial charge in [-0.2, -0.15) is 0 Å². The van der Waals surface area contributed by atoms with E-state index >= 15 is 0 Å². The van der Waals surface area contributed by atoms with Gasteiger partial charge in [0.25, 0.3) is 0 Å². The SMILES string of the molecule is Cc1cc2nc(C3CCC3)n(CCCCN)c2cc1C. The smallest absolute Gasteiger partial charge is 0.112 e. The fraction of sp³-hybridized carbons (Fsp3) is 0.588. The summed E-state index contributed by atoms with van der Waals surface area (Å²) in [6.07, 6.45) is 6.20. The number of hydrogen-bond acceptors (Lipinski definition) is 2. The molecule has 0 amide bonds. The Morgan fingerprint density at radius 1 is 1.20 bits per heavy atom. The molecule has 0 unspecified atom stereocenters. The van der Waals surface area contributed by atoms with Crippen LogP contribution in [0.25, 0.3) is 11.0 Å². The quantitative estimate of drug-likeness (QED) is 0.843. The highest BCUT2D eigenvalue weighted by Crippen LogP contribution is 2.37. The van der Waals surface area contributed by atoms with Gasteiger partial charge < -0.3 is 10.3 Å². The molecule has 1 saturated carbocycles. The predicted octanol–water partition coefficient (Wildman–Crippen LogP) is 3.66. The monoisotopic (exact) mass is 271 g/mol. The number of benzene rings is 1. The van der Waals surface area contributed by atoms with E-state index in [0.717, 1.165) is 25.9 Å². The van der Waals surface area contributed by atoms with Crippen molar-refractivity contribution < 1.29 is 0 Å². The van der Waals surface area contributed by atoms with E-state index < -0.39 is 0 Å². The third-order valence-electron chi connectivity index (χ3n) is 4.70. The van der Waals surface area contributed by atoms with Gasteiger partial charge in [-0.25, -0.2) is 4.98 Å². The van der Waals surface area contributed by atoms with E-state index in [2.05, 4.69) is 30.5 Å². The number of nitrogens with zero attached hydrogens (tertiary/aromatic N) is 2. The van der Waals surface area contributed by atoms with Crippen LogP contribution in [-0.4, -0.2) is 16.1 Å². The summed E-state index contributed by atoms with van der Waals surface area (Å²) in [5, 5.41) is 0. The molecule has 20 heavy (non-hydrogen) atoms. The Labute approximate surface area is 121 Å². The normalized spacial score (nSPS) is 15.8. The second-order valence-electron chi connectivity index (χ2n) is 6.17. The Morgan fingerprint density at radius 3 is 2.60 bits per heavy atom. The van der Waals surface area contributed by atoms with Crippen molar-refractivity contribution in [3.63, 3.8) is 0 Å². The third kappa shape index (κ3) is 2.35. The number of aromatic nitrogens is 2. The maximum atomic E-state index is 5.63. The molecule has 108 valence electrons. The van der Waals surface area contributed by atoms with Crippen LogP contribution in [0, 0.1) is 13.8 Å². The highest BCUT2D eigenvalue weighted by Gasteiger charge is 2.25. The molecule has 0 radical (unpaired) electrons. The van der Waals surface area contributed by atoms with Crippen LogP contribution in [0.5, 0.6) is 0 Å². The van der Waals surface area contributed by atoms with E-state index in [1.807, 2.05) is 0 Å². The zero-order chi connectivity index (χ0) is 14.1. The van der Waals surface area contributed by atoms with Gasteiger partial charge in [0.05, 0.1) is 11.0 Å². The first-order chi connectivity index (χ1) is 9.70. The van der Waals surface area contributed by atoms with Crippen LogP contribution in [0.4, 0.5) is 0 Å². The molecule has 3 heteroatoms. The second kappa shape index (κ2) is 5.57. The van der Waals surface area contributed by atoms with Crippen molar-refractivity contribution in [1.82, 2.24) is 9.55 Å². The van der Waals surface area contributed by atoms with Crippen molar-refractivity contribution in [2.75, 3.05) is 6.54 Å². The van der Waals surface area contributed by atoms with Crippen molar-refractivity contribution in [3.05, 3.63) is 29.1 Å². The Morgan fingerprint density at radius 2 is 1.95 bits per heavy atom. The average Bonchev–Trinajstić information content (AvgIpc) is 2.67. The van der Waals surface area contributed by atoms with E-state index in [9.17, 15) is 0 Å². The lowest BCUT2D eigenvalue weighted by atomic mass is 9.85. The molecule has 1 aromatic carbocycles. The Bertz CT molecular complexity index is 608. The Kier molecular flexibility index (Phi) is 3.79. The molecule has 2 N–H and O–H groups in total. The van der Waals surface area contributed by atoms with E-state index in [4.69, 9.17) is 10.7 Å². The molecular formula is C17H25N3. The molecule has 1 fully saturated rings. The zero-order valence-corrected chi connectivity index (χ0v) is 12.7. The summed E-state index contributed by atoms with van der Waals surface area (Å²) in [6, 6.07) is 4.55. The summed E-state index contributed by atoms with van der Waals surface area (Å²) in [7, 11) is 0. The van der Waals surface area contributed by atoms with Crippen LogP contribution in [0.2, 0.25) is 0 Å². The summed E-state index contributed by atoms with van der Waals surface area (Å²) in [5.41, 5.74) is 10.8.